The zero-order valence-electron chi connectivity index (χ0n) is 14.3. The molecule has 0 unspecified atom stereocenters. The molecule has 2 amide bonds. The maximum Gasteiger partial charge on any atom is 0.239 e. The molecule has 0 radical (unpaired) electrons. The van der Waals surface area contributed by atoms with Crippen molar-refractivity contribution in [3.05, 3.63) is 35.7 Å². The van der Waals surface area contributed by atoms with E-state index in [2.05, 4.69) is 15.6 Å². The molecule has 1 fully saturated rings. The fraction of sp³-hybridized carbons (Fsp3) is 0.389. The lowest BCUT2D eigenvalue weighted by molar-refractivity contribution is -0.125. The molecule has 25 heavy (non-hydrogen) atoms. The molecule has 7 heteroatoms. The smallest absolute Gasteiger partial charge is 0.239 e. The molecule has 0 atom stereocenters. The van der Waals surface area contributed by atoms with Gasteiger partial charge in [0.25, 0.3) is 0 Å². The average molecular weight is 343 g/mol. The van der Waals surface area contributed by atoms with E-state index in [1.807, 2.05) is 24.3 Å². The molecule has 1 heterocycles. The van der Waals surface area contributed by atoms with Crippen molar-refractivity contribution in [3.63, 3.8) is 0 Å². The SMILES string of the molecule is COc1ccccc1-c1nc(CC(=O)NCC(=O)NC2CC2)c(C)o1. The highest BCUT2D eigenvalue weighted by Crippen LogP contribution is 2.30. The molecule has 3 rings (SSSR count). The molecule has 7 nitrogen and oxygen atoms in total. The minimum atomic E-state index is -0.270. The van der Waals surface area contributed by atoms with Crippen LogP contribution in [0.15, 0.2) is 28.7 Å². The van der Waals surface area contributed by atoms with Crippen molar-refractivity contribution < 1.29 is 18.7 Å². The lowest BCUT2D eigenvalue weighted by Crippen LogP contribution is -2.38. The second kappa shape index (κ2) is 7.38. The molecule has 1 aliphatic rings. The quantitative estimate of drug-likeness (QED) is 0.796. The number of amides is 2. The number of aromatic nitrogens is 1. The van der Waals surface area contributed by atoms with E-state index in [1.165, 1.54) is 0 Å². The lowest BCUT2D eigenvalue weighted by Gasteiger charge is -2.05. The van der Waals surface area contributed by atoms with Crippen LogP contribution in [0, 0.1) is 6.92 Å². The lowest BCUT2D eigenvalue weighted by atomic mass is 10.2. The third kappa shape index (κ3) is 4.37. The molecule has 2 N–H and O–H groups in total. The minimum absolute atomic E-state index is 0.0222. The minimum Gasteiger partial charge on any atom is -0.496 e. The topological polar surface area (TPSA) is 93.5 Å². The van der Waals surface area contributed by atoms with Gasteiger partial charge in [-0.2, -0.15) is 0 Å². The van der Waals surface area contributed by atoms with Crippen molar-refractivity contribution in [2.75, 3.05) is 13.7 Å². The van der Waals surface area contributed by atoms with Crippen molar-refractivity contribution in [2.45, 2.75) is 32.2 Å². The van der Waals surface area contributed by atoms with E-state index >= 15 is 0 Å². The van der Waals surface area contributed by atoms with E-state index in [4.69, 9.17) is 9.15 Å². The van der Waals surface area contributed by atoms with Crippen LogP contribution in [0.5, 0.6) is 5.75 Å². The molecule has 2 aromatic rings. The van der Waals surface area contributed by atoms with Crippen molar-refractivity contribution >= 4 is 11.8 Å². The summed E-state index contributed by atoms with van der Waals surface area (Å²) in [6.45, 7) is 1.74. The summed E-state index contributed by atoms with van der Waals surface area (Å²) in [7, 11) is 1.58. The van der Waals surface area contributed by atoms with Gasteiger partial charge in [0.05, 0.1) is 31.3 Å². The number of oxazole rings is 1. The number of carbonyl (C=O) groups is 2. The largest absolute Gasteiger partial charge is 0.496 e. The Morgan fingerprint density at radius 1 is 1.28 bits per heavy atom. The number of nitrogens with one attached hydrogen (secondary N) is 2. The number of hydrogen-bond donors (Lipinski definition) is 2. The summed E-state index contributed by atoms with van der Waals surface area (Å²) in [4.78, 5) is 28.1. The molecular formula is C18H21N3O4. The first-order chi connectivity index (χ1) is 12.1. The molecule has 0 saturated heterocycles. The highest BCUT2D eigenvalue weighted by Gasteiger charge is 2.23. The van der Waals surface area contributed by atoms with E-state index in [-0.39, 0.29) is 30.8 Å². The van der Waals surface area contributed by atoms with Crippen LogP contribution >= 0.6 is 0 Å². The van der Waals surface area contributed by atoms with Gasteiger partial charge < -0.3 is 19.8 Å². The molecule has 132 valence electrons. The van der Waals surface area contributed by atoms with Gasteiger partial charge >= 0.3 is 0 Å². The Hall–Kier alpha value is -2.83. The third-order valence-corrected chi connectivity index (χ3v) is 3.95. The van der Waals surface area contributed by atoms with Crippen molar-refractivity contribution in [1.82, 2.24) is 15.6 Å². The van der Waals surface area contributed by atoms with Crippen LogP contribution < -0.4 is 15.4 Å². The molecule has 0 aliphatic heterocycles. The van der Waals surface area contributed by atoms with Crippen LogP contribution in [0.25, 0.3) is 11.5 Å². The number of para-hydroxylation sites is 1. The summed E-state index contributed by atoms with van der Waals surface area (Å²) >= 11 is 0. The Morgan fingerprint density at radius 2 is 2.04 bits per heavy atom. The van der Waals surface area contributed by atoms with Gasteiger partial charge in [0.15, 0.2) is 0 Å². The van der Waals surface area contributed by atoms with E-state index < -0.39 is 0 Å². The molecular weight excluding hydrogens is 322 g/mol. The summed E-state index contributed by atoms with van der Waals surface area (Å²) in [6, 6.07) is 7.67. The molecule has 1 aromatic heterocycles. The fourth-order valence-corrected chi connectivity index (χ4v) is 2.43. The maximum atomic E-state index is 12.0. The summed E-state index contributed by atoms with van der Waals surface area (Å²) in [5.74, 6) is 1.19. The number of aryl methyl sites for hydroxylation is 1. The van der Waals surface area contributed by atoms with Crippen molar-refractivity contribution in [2.24, 2.45) is 0 Å². The summed E-state index contributed by atoms with van der Waals surface area (Å²) in [6.07, 6.45) is 2.09. The van der Waals surface area contributed by atoms with E-state index in [0.29, 0.717) is 23.1 Å². The fourth-order valence-electron chi connectivity index (χ4n) is 2.43. The van der Waals surface area contributed by atoms with Crippen LogP contribution in [0.2, 0.25) is 0 Å². The molecule has 1 aromatic carbocycles. The van der Waals surface area contributed by atoms with Crippen molar-refractivity contribution in [1.29, 1.82) is 0 Å². The Morgan fingerprint density at radius 3 is 2.76 bits per heavy atom. The second-order valence-corrected chi connectivity index (χ2v) is 6.02. The Balaban J connectivity index is 1.62. The highest BCUT2D eigenvalue weighted by atomic mass is 16.5. The predicted octanol–water partition coefficient (Wildman–Crippen LogP) is 1.60. The number of rotatable bonds is 7. The number of benzene rings is 1. The van der Waals surface area contributed by atoms with Gasteiger partial charge in [0, 0.05) is 6.04 Å². The summed E-state index contributed by atoms with van der Waals surface area (Å²) in [5.41, 5.74) is 1.27. The average Bonchev–Trinajstić information content (AvgIpc) is 3.35. The normalized spacial score (nSPS) is 13.4. The molecule has 0 bridgehead atoms. The Bertz CT molecular complexity index is 780. The number of methoxy groups -OCH3 is 1. The summed E-state index contributed by atoms with van der Waals surface area (Å²) < 4.78 is 11.0. The standard InChI is InChI=1S/C18H21N3O4/c1-11-14(9-16(22)19-10-17(23)20-12-7-8-12)21-18(25-11)13-5-3-4-6-15(13)24-2/h3-6,12H,7-10H2,1-2H3,(H,19,22)(H,20,23). The monoisotopic (exact) mass is 343 g/mol. The zero-order chi connectivity index (χ0) is 17.8. The third-order valence-electron chi connectivity index (χ3n) is 3.95. The Labute approximate surface area is 145 Å². The van der Waals surface area contributed by atoms with Gasteiger partial charge in [-0.1, -0.05) is 12.1 Å². The van der Waals surface area contributed by atoms with Crippen LogP contribution in [-0.4, -0.2) is 36.5 Å². The maximum absolute atomic E-state index is 12.0. The van der Waals surface area contributed by atoms with Crippen LogP contribution in [0.4, 0.5) is 0 Å². The first kappa shape index (κ1) is 17.0. The number of carbonyl (C=O) groups excluding carboxylic acids is 2. The van der Waals surface area contributed by atoms with E-state index in [1.54, 1.807) is 14.0 Å². The van der Waals surface area contributed by atoms with E-state index in [9.17, 15) is 9.59 Å². The number of ether oxygens (including phenoxy) is 1. The molecule has 0 spiro atoms. The summed E-state index contributed by atoms with van der Waals surface area (Å²) in [5, 5.41) is 5.43. The number of nitrogens with zero attached hydrogens (tertiary/aromatic N) is 1. The van der Waals surface area contributed by atoms with Gasteiger partial charge in [-0.3, -0.25) is 9.59 Å². The first-order valence-corrected chi connectivity index (χ1v) is 8.22. The molecule has 1 saturated carbocycles. The predicted molar refractivity (Wildman–Crippen MR) is 91.1 cm³/mol. The Kier molecular flexibility index (Phi) is 5.02. The van der Waals surface area contributed by atoms with Crippen LogP contribution in [0.3, 0.4) is 0 Å². The highest BCUT2D eigenvalue weighted by molar-refractivity contribution is 5.85. The van der Waals surface area contributed by atoms with Crippen LogP contribution in [0.1, 0.15) is 24.3 Å². The van der Waals surface area contributed by atoms with Gasteiger partial charge in [0.2, 0.25) is 17.7 Å². The van der Waals surface area contributed by atoms with E-state index in [0.717, 1.165) is 18.4 Å². The van der Waals surface area contributed by atoms with Gasteiger partial charge in [-0.05, 0) is 31.9 Å². The van der Waals surface area contributed by atoms with Gasteiger partial charge in [-0.15, -0.1) is 0 Å². The molecule has 1 aliphatic carbocycles. The van der Waals surface area contributed by atoms with Crippen molar-refractivity contribution in [3.8, 4) is 17.2 Å². The van der Waals surface area contributed by atoms with Gasteiger partial charge in [0.1, 0.15) is 11.5 Å². The number of hydrogen-bond acceptors (Lipinski definition) is 5. The zero-order valence-corrected chi connectivity index (χ0v) is 14.3. The van der Waals surface area contributed by atoms with Gasteiger partial charge in [-0.25, -0.2) is 4.98 Å². The van der Waals surface area contributed by atoms with Crippen LogP contribution in [-0.2, 0) is 16.0 Å². The second-order valence-electron chi connectivity index (χ2n) is 6.02. The first-order valence-electron chi connectivity index (χ1n) is 8.22.